The summed E-state index contributed by atoms with van der Waals surface area (Å²) in [6, 6.07) is 0. The Bertz CT molecular complexity index is 574. The third kappa shape index (κ3) is 1.86. The Kier molecular flexibility index (Phi) is 2.80. The molecule has 8 heteroatoms. The number of nitrogens with two attached hydrogens (primary N) is 1. The molecule has 0 aliphatic heterocycles. The smallest absolute Gasteiger partial charge is 0.360 e. The van der Waals surface area contributed by atoms with Crippen molar-refractivity contribution in [1.82, 2.24) is 18.9 Å². The number of methoxy groups -OCH3 is 1. The van der Waals surface area contributed by atoms with E-state index in [9.17, 15) is 4.79 Å². The fraction of sp³-hybridized carbons (Fsp3) is 0.333. The Balaban J connectivity index is 2.56. The summed E-state index contributed by atoms with van der Waals surface area (Å²) in [5.74, 6) is 0.868. The molecule has 7 nitrogen and oxygen atoms in total. The van der Waals surface area contributed by atoms with Gasteiger partial charge < -0.3 is 10.5 Å². The van der Waals surface area contributed by atoms with E-state index in [1.807, 2.05) is 0 Å². The first kappa shape index (κ1) is 11.5. The first-order valence-corrected chi connectivity index (χ1v) is 5.55. The van der Waals surface area contributed by atoms with E-state index in [-0.39, 0.29) is 11.5 Å². The quantitative estimate of drug-likeness (QED) is 0.792. The lowest BCUT2D eigenvalue weighted by atomic mass is 10.4. The molecule has 0 unspecified atom stereocenters. The normalized spacial score (nSPS) is 10.5. The summed E-state index contributed by atoms with van der Waals surface area (Å²) >= 11 is 1.19. The molecule has 0 bridgehead atoms. The number of aryl methyl sites for hydroxylation is 2. The molecule has 17 heavy (non-hydrogen) atoms. The fourth-order valence-electron chi connectivity index (χ4n) is 1.41. The van der Waals surface area contributed by atoms with E-state index in [4.69, 9.17) is 5.73 Å². The van der Waals surface area contributed by atoms with Gasteiger partial charge in [0.2, 0.25) is 5.13 Å². The van der Waals surface area contributed by atoms with Crippen LogP contribution in [0.2, 0.25) is 0 Å². The van der Waals surface area contributed by atoms with E-state index in [0.717, 1.165) is 0 Å². The number of hydrogen-bond acceptors (Lipinski definition) is 7. The lowest BCUT2D eigenvalue weighted by Crippen LogP contribution is -2.07. The number of carbonyl (C=O) groups excluding carboxylic acids is 1. The molecular formula is C9H11N5O2S. The highest BCUT2D eigenvalue weighted by atomic mass is 32.1. The SMILES string of the molecule is COC(=O)c1nc(C)n(-c2nc(C)ns2)c1N. The lowest BCUT2D eigenvalue weighted by molar-refractivity contribution is 0.0596. The van der Waals surface area contributed by atoms with Crippen LogP contribution in [-0.4, -0.2) is 32.0 Å². The number of carbonyl (C=O) groups is 1. The van der Waals surface area contributed by atoms with Crippen LogP contribution in [0.5, 0.6) is 0 Å². The van der Waals surface area contributed by atoms with E-state index in [2.05, 4.69) is 19.1 Å². The molecule has 0 spiro atoms. The highest BCUT2D eigenvalue weighted by molar-refractivity contribution is 7.08. The number of nitrogen functional groups attached to an aromatic ring is 1. The molecule has 90 valence electrons. The molecule has 2 rings (SSSR count). The van der Waals surface area contributed by atoms with E-state index < -0.39 is 5.97 Å². The van der Waals surface area contributed by atoms with Crippen LogP contribution in [0.1, 0.15) is 22.1 Å². The molecule has 2 aromatic rings. The second-order valence-corrected chi connectivity index (χ2v) is 4.07. The van der Waals surface area contributed by atoms with Gasteiger partial charge in [0, 0.05) is 11.5 Å². The highest BCUT2D eigenvalue weighted by Crippen LogP contribution is 2.22. The minimum atomic E-state index is -0.564. The number of imidazole rings is 1. The fourth-order valence-corrected chi connectivity index (χ4v) is 2.15. The number of hydrogen-bond donors (Lipinski definition) is 1. The lowest BCUT2D eigenvalue weighted by Gasteiger charge is -2.01. The van der Waals surface area contributed by atoms with Crippen molar-refractivity contribution >= 4 is 23.3 Å². The van der Waals surface area contributed by atoms with Gasteiger partial charge in [-0.2, -0.15) is 4.37 Å². The number of ether oxygens (including phenoxy) is 1. The number of esters is 1. The highest BCUT2D eigenvalue weighted by Gasteiger charge is 2.21. The Morgan fingerprint density at radius 3 is 2.65 bits per heavy atom. The van der Waals surface area contributed by atoms with Crippen molar-refractivity contribution in [1.29, 1.82) is 0 Å². The van der Waals surface area contributed by atoms with Gasteiger partial charge in [0.1, 0.15) is 17.5 Å². The van der Waals surface area contributed by atoms with Gasteiger partial charge in [0.15, 0.2) is 5.69 Å². The van der Waals surface area contributed by atoms with Crippen LogP contribution in [0, 0.1) is 13.8 Å². The second kappa shape index (κ2) is 4.13. The summed E-state index contributed by atoms with van der Waals surface area (Å²) in [7, 11) is 1.28. The molecule has 2 aromatic heterocycles. The average molecular weight is 253 g/mol. The summed E-state index contributed by atoms with van der Waals surface area (Å²) in [5.41, 5.74) is 5.96. The van der Waals surface area contributed by atoms with Gasteiger partial charge in [-0.15, -0.1) is 0 Å². The van der Waals surface area contributed by atoms with Crippen LogP contribution in [0.15, 0.2) is 0 Å². The van der Waals surface area contributed by atoms with Gasteiger partial charge in [-0.3, -0.25) is 4.57 Å². The molecule has 0 saturated carbocycles. The second-order valence-electron chi connectivity index (χ2n) is 3.34. The first-order valence-electron chi connectivity index (χ1n) is 4.78. The molecule has 2 heterocycles. The maximum absolute atomic E-state index is 11.4. The maximum atomic E-state index is 11.4. The minimum Gasteiger partial charge on any atom is -0.464 e. The van der Waals surface area contributed by atoms with Crippen molar-refractivity contribution < 1.29 is 9.53 Å². The van der Waals surface area contributed by atoms with Gasteiger partial charge in [-0.25, -0.2) is 14.8 Å². The number of nitrogens with zero attached hydrogens (tertiary/aromatic N) is 4. The van der Waals surface area contributed by atoms with Crippen LogP contribution in [0.4, 0.5) is 5.82 Å². The van der Waals surface area contributed by atoms with E-state index in [0.29, 0.717) is 16.8 Å². The molecule has 0 saturated heterocycles. The first-order chi connectivity index (χ1) is 8.04. The number of anilines is 1. The molecule has 0 aliphatic rings. The Labute approximate surface area is 101 Å². The molecule has 2 N–H and O–H groups in total. The van der Waals surface area contributed by atoms with Crippen LogP contribution in [0.3, 0.4) is 0 Å². The summed E-state index contributed by atoms with van der Waals surface area (Å²) < 4.78 is 10.2. The van der Waals surface area contributed by atoms with E-state index >= 15 is 0 Å². The van der Waals surface area contributed by atoms with Crippen LogP contribution >= 0.6 is 11.5 Å². The molecule has 0 fully saturated rings. The van der Waals surface area contributed by atoms with Gasteiger partial charge in [-0.05, 0) is 13.8 Å². The molecule has 0 aliphatic carbocycles. The van der Waals surface area contributed by atoms with E-state index in [1.165, 1.54) is 18.6 Å². The predicted octanol–water partition coefficient (Wildman–Crippen LogP) is 0.709. The average Bonchev–Trinajstić information content (AvgIpc) is 2.82. The van der Waals surface area contributed by atoms with Crippen molar-refractivity contribution in [2.24, 2.45) is 0 Å². The van der Waals surface area contributed by atoms with Gasteiger partial charge >= 0.3 is 5.97 Å². The Hall–Kier alpha value is -1.96. The van der Waals surface area contributed by atoms with Gasteiger partial charge in [0.25, 0.3) is 0 Å². The summed E-state index contributed by atoms with van der Waals surface area (Å²) in [5, 5.41) is 0.583. The maximum Gasteiger partial charge on any atom is 0.360 e. The molecule has 0 aromatic carbocycles. The van der Waals surface area contributed by atoms with Crippen LogP contribution < -0.4 is 5.73 Å². The van der Waals surface area contributed by atoms with Crippen molar-refractivity contribution in [2.45, 2.75) is 13.8 Å². The topological polar surface area (TPSA) is 95.9 Å². The molecule has 0 radical (unpaired) electrons. The molecule has 0 amide bonds. The molecule has 0 atom stereocenters. The zero-order chi connectivity index (χ0) is 12.6. The van der Waals surface area contributed by atoms with Crippen LogP contribution in [0.25, 0.3) is 5.13 Å². The van der Waals surface area contributed by atoms with Crippen molar-refractivity contribution in [2.75, 3.05) is 12.8 Å². The van der Waals surface area contributed by atoms with Crippen molar-refractivity contribution in [3.63, 3.8) is 0 Å². The van der Waals surface area contributed by atoms with Crippen LogP contribution in [-0.2, 0) is 4.74 Å². The minimum absolute atomic E-state index is 0.0952. The largest absolute Gasteiger partial charge is 0.464 e. The standard InChI is InChI=1S/C9H11N5O2S/c1-4-11-9(17-13-4)14-5(2)12-6(7(14)10)8(15)16-3/h10H2,1-3H3. The molecular weight excluding hydrogens is 242 g/mol. The Morgan fingerprint density at radius 1 is 1.41 bits per heavy atom. The van der Waals surface area contributed by atoms with Crippen molar-refractivity contribution in [3.8, 4) is 5.13 Å². The van der Waals surface area contributed by atoms with Crippen molar-refractivity contribution in [3.05, 3.63) is 17.3 Å². The summed E-state index contributed by atoms with van der Waals surface area (Å²) in [6.45, 7) is 3.52. The predicted molar refractivity (Wildman–Crippen MR) is 62.3 cm³/mol. The Morgan fingerprint density at radius 2 is 2.12 bits per heavy atom. The zero-order valence-corrected chi connectivity index (χ0v) is 10.4. The zero-order valence-electron chi connectivity index (χ0n) is 9.59. The number of aromatic nitrogens is 4. The third-order valence-corrected chi connectivity index (χ3v) is 2.96. The van der Waals surface area contributed by atoms with Gasteiger partial charge in [-0.1, -0.05) is 0 Å². The summed E-state index contributed by atoms with van der Waals surface area (Å²) in [6.07, 6.45) is 0. The monoisotopic (exact) mass is 253 g/mol. The third-order valence-electron chi connectivity index (χ3n) is 2.17. The van der Waals surface area contributed by atoms with Gasteiger partial charge in [0.05, 0.1) is 7.11 Å². The van der Waals surface area contributed by atoms with E-state index in [1.54, 1.807) is 18.4 Å². The summed E-state index contributed by atoms with van der Waals surface area (Å²) in [4.78, 5) is 19.7. The number of rotatable bonds is 2.